The minimum absolute atomic E-state index is 0.353. The van der Waals surface area contributed by atoms with E-state index in [1.807, 2.05) is 30.8 Å². The van der Waals surface area contributed by atoms with Crippen molar-refractivity contribution >= 4 is 5.82 Å². The van der Waals surface area contributed by atoms with Gasteiger partial charge in [-0.1, -0.05) is 24.3 Å². The summed E-state index contributed by atoms with van der Waals surface area (Å²) in [7, 11) is 2.10. The van der Waals surface area contributed by atoms with Crippen LogP contribution in [-0.2, 0) is 6.42 Å². The molecule has 1 aliphatic rings. The molecule has 1 aliphatic carbocycles. The normalized spacial score (nSPS) is 16.2. The highest BCUT2D eigenvalue weighted by molar-refractivity contribution is 5.46. The van der Waals surface area contributed by atoms with Crippen LogP contribution in [-0.4, -0.2) is 26.8 Å². The molecular formula is C19H21N5. The average molecular weight is 319 g/mol. The lowest BCUT2D eigenvalue weighted by Gasteiger charge is -2.26. The molecule has 1 unspecified atom stereocenters. The van der Waals surface area contributed by atoms with E-state index in [9.17, 15) is 0 Å². The fraction of sp³-hybridized carbons (Fsp3) is 0.316. The van der Waals surface area contributed by atoms with Crippen LogP contribution >= 0.6 is 0 Å². The van der Waals surface area contributed by atoms with Gasteiger partial charge in [0.25, 0.3) is 0 Å². The highest BCUT2D eigenvalue weighted by Crippen LogP contribution is 2.36. The van der Waals surface area contributed by atoms with Gasteiger partial charge >= 0.3 is 0 Å². The van der Waals surface area contributed by atoms with E-state index in [1.165, 1.54) is 11.1 Å². The number of anilines is 1. The number of benzene rings is 1. The Balaban J connectivity index is 1.68. The average Bonchev–Trinajstić information content (AvgIpc) is 3.17. The Labute approximate surface area is 142 Å². The maximum Gasteiger partial charge on any atom is 0.174 e. The van der Waals surface area contributed by atoms with Crippen molar-refractivity contribution in [3.8, 4) is 5.82 Å². The number of nitrogens with zero attached hydrogens (tertiary/aromatic N) is 5. The molecule has 0 aliphatic heterocycles. The van der Waals surface area contributed by atoms with Crippen molar-refractivity contribution in [2.75, 3.05) is 11.9 Å². The van der Waals surface area contributed by atoms with Gasteiger partial charge in [0.2, 0.25) is 0 Å². The fourth-order valence-corrected chi connectivity index (χ4v) is 3.58. The maximum absolute atomic E-state index is 4.80. The van der Waals surface area contributed by atoms with E-state index >= 15 is 0 Å². The maximum atomic E-state index is 4.80. The van der Waals surface area contributed by atoms with Gasteiger partial charge in [0.15, 0.2) is 5.82 Å². The molecular weight excluding hydrogens is 298 g/mol. The molecule has 0 bridgehead atoms. The SMILES string of the molecule is Cc1cc(C)n(-c2cncc(N(C)C3CCc4ccccc43)n2)n1. The third kappa shape index (κ3) is 2.46. The smallest absolute Gasteiger partial charge is 0.174 e. The summed E-state index contributed by atoms with van der Waals surface area (Å²) in [6.07, 6.45) is 5.83. The summed E-state index contributed by atoms with van der Waals surface area (Å²) < 4.78 is 1.85. The summed E-state index contributed by atoms with van der Waals surface area (Å²) in [4.78, 5) is 11.4. The van der Waals surface area contributed by atoms with Crippen molar-refractivity contribution < 1.29 is 0 Å². The Bertz CT molecular complexity index is 883. The van der Waals surface area contributed by atoms with E-state index in [1.54, 1.807) is 6.20 Å². The van der Waals surface area contributed by atoms with Gasteiger partial charge in [0, 0.05) is 12.7 Å². The Kier molecular flexibility index (Phi) is 3.56. The zero-order chi connectivity index (χ0) is 16.7. The molecule has 2 heterocycles. The standard InChI is InChI=1S/C19H21N5/c1-13-10-14(2)24(22-13)19-12-20-11-18(21-19)23(3)17-9-8-15-6-4-5-7-16(15)17/h4-7,10-12,17H,8-9H2,1-3H3. The predicted octanol–water partition coefficient (Wildman–Crippen LogP) is 3.40. The number of hydrogen-bond donors (Lipinski definition) is 0. The molecule has 122 valence electrons. The molecule has 0 fully saturated rings. The van der Waals surface area contributed by atoms with Crippen molar-refractivity contribution in [3.63, 3.8) is 0 Å². The lowest BCUT2D eigenvalue weighted by Crippen LogP contribution is -2.24. The summed E-state index contributed by atoms with van der Waals surface area (Å²) in [6.45, 7) is 4.02. The van der Waals surface area contributed by atoms with E-state index in [0.29, 0.717) is 6.04 Å². The first-order chi connectivity index (χ1) is 11.6. The van der Waals surface area contributed by atoms with Crippen molar-refractivity contribution in [2.24, 2.45) is 0 Å². The van der Waals surface area contributed by atoms with Gasteiger partial charge in [-0.2, -0.15) is 5.10 Å². The van der Waals surface area contributed by atoms with Crippen LogP contribution in [0.3, 0.4) is 0 Å². The minimum atomic E-state index is 0.353. The van der Waals surface area contributed by atoms with Crippen molar-refractivity contribution in [2.45, 2.75) is 32.7 Å². The van der Waals surface area contributed by atoms with Crippen LogP contribution in [0.1, 0.15) is 35.0 Å². The zero-order valence-corrected chi connectivity index (χ0v) is 14.3. The summed E-state index contributed by atoms with van der Waals surface area (Å²) >= 11 is 0. The molecule has 0 saturated carbocycles. The number of aryl methyl sites for hydroxylation is 3. The molecule has 0 N–H and O–H groups in total. The van der Waals surface area contributed by atoms with E-state index in [4.69, 9.17) is 4.98 Å². The van der Waals surface area contributed by atoms with Crippen LogP contribution in [0.25, 0.3) is 5.82 Å². The second-order valence-corrected chi connectivity index (χ2v) is 6.44. The number of hydrogen-bond acceptors (Lipinski definition) is 4. The quantitative estimate of drug-likeness (QED) is 0.742. The van der Waals surface area contributed by atoms with Crippen LogP contribution < -0.4 is 4.90 Å². The van der Waals surface area contributed by atoms with Gasteiger partial charge < -0.3 is 4.90 Å². The number of aromatic nitrogens is 4. The van der Waals surface area contributed by atoms with E-state index in [-0.39, 0.29) is 0 Å². The number of rotatable bonds is 3. The van der Waals surface area contributed by atoms with E-state index in [0.717, 1.165) is 35.9 Å². The van der Waals surface area contributed by atoms with Gasteiger partial charge in [0.05, 0.1) is 24.1 Å². The second-order valence-electron chi connectivity index (χ2n) is 6.44. The van der Waals surface area contributed by atoms with Crippen molar-refractivity contribution in [3.05, 3.63) is 65.2 Å². The molecule has 3 aromatic rings. The molecule has 0 spiro atoms. The number of fused-ring (bicyclic) bond motifs is 1. The zero-order valence-electron chi connectivity index (χ0n) is 14.3. The van der Waals surface area contributed by atoms with Gasteiger partial charge in [-0.3, -0.25) is 4.98 Å². The van der Waals surface area contributed by atoms with Gasteiger partial charge in [-0.25, -0.2) is 9.67 Å². The fourth-order valence-electron chi connectivity index (χ4n) is 3.58. The lowest BCUT2D eigenvalue weighted by atomic mass is 10.1. The summed E-state index contributed by atoms with van der Waals surface area (Å²) in [5.41, 5.74) is 4.89. The molecule has 5 nitrogen and oxygen atoms in total. The monoisotopic (exact) mass is 319 g/mol. The summed E-state index contributed by atoms with van der Waals surface area (Å²) in [5, 5.41) is 4.51. The third-order valence-corrected chi connectivity index (χ3v) is 4.77. The topological polar surface area (TPSA) is 46.8 Å². The van der Waals surface area contributed by atoms with Crippen molar-refractivity contribution in [1.82, 2.24) is 19.7 Å². The third-order valence-electron chi connectivity index (χ3n) is 4.77. The Morgan fingerprint density at radius 2 is 2.00 bits per heavy atom. The molecule has 1 aromatic carbocycles. The van der Waals surface area contributed by atoms with Gasteiger partial charge in [-0.05, 0) is 43.9 Å². The first-order valence-electron chi connectivity index (χ1n) is 8.30. The molecule has 0 saturated heterocycles. The van der Waals surface area contributed by atoms with Crippen molar-refractivity contribution in [1.29, 1.82) is 0 Å². The lowest BCUT2D eigenvalue weighted by molar-refractivity contribution is 0.651. The van der Waals surface area contributed by atoms with Crippen LogP contribution in [0, 0.1) is 13.8 Å². The highest BCUT2D eigenvalue weighted by atomic mass is 15.3. The van der Waals surface area contributed by atoms with Crippen LogP contribution in [0.4, 0.5) is 5.82 Å². The molecule has 24 heavy (non-hydrogen) atoms. The van der Waals surface area contributed by atoms with E-state index in [2.05, 4.69) is 46.3 Å². The summed E-state index contributed by atoms with van der Waals surface area (Å²) in [5.74, 6) is 1.64. The van der Waals surface area contributed by atoms with E-state index < -0.39 is 0 Å². The Morgan fingerprint density at radius 1 is 1.17 bits per heavy atom. The van der Waals surface area contributed by atoms with Gasteiger partial charge in [-0.15, -0.1) is 0 Å². The van der Waals surface area contributed by atoms with Crippen LogP contribution in [0.15, 0.2) is 42.7 Å². The molecule has 0 radical (unpaired) electrons. The molecule has 5 heteroatoms. The minimum Gasteiger partial charge on any atom is -0.351 e. The second kappa shape index (κ2) is 5.74. The molecule has 2 aromatic heterocycles. The molecule has 1 atom stereocenters. The summed E-state index contributed by atoms with van der Waals surface area (Å²) in [6, 6.07) is 11.1. The highest BCUT2D eigenvalue weighted by Gasteiger charge is 2.26. The molecule has 0 amide bonds. The van der Waals surface area contributed by atoms with Crippen LogP contribution in [0.2, 0.25) is 0 Å². The largest absolute Gasteiger partial charge is 0.351 e. The molecule has 4 rings (SSSR count). The predicted molar refractivity (Wildman–Crippen MR) is 94.5 cm³/mol. The Hall–Kier alpha value is -2.69. The van der Waals surface area contributed by atoms with Gasteiger partial charge in [0.1, 0.15) is 5.82 Å². The first-order valence-corrected chi connectivity index (χ1v) is 8.30. The van der Waals surface area contributed by atoms with Crippen LogP contribution in [0.5, 0.6) is 0 Å². The Morgan fingerprint density at radius 3 is 2.79 bits per heavy atom. The first kappa shape index (κ1) is 14.9.